The predicted octanol–water partition coefficient (Wildman–Crippen LogP) is 7.57. The summed E-state index contributed by atoms with van der Waals surface area (Å²) >= 11 is 24.7. The molecule has 4 rings (SSSR count). The molecule has 9 heteroatoms. The maximum atomic E-state index is 11.8. The van der Waals surface area contributed by atoms with E-state index in [0.29, 0.717) is 25.9 Å². The number of nitrogens with zero attached hydrogens (tertiary/aromatic N) is 2. The predicted molar refractivity (Wildman–Crippen MR) is 127 cm³/mol. The standard InChI is InChI=1S/C23H16Cl4N2O3/c1-12-21(13-3-6-16(24)18(26)9-13)28-29(11-15-5-8-20(32-15)23(30)31-2)22(12)14-4-7-17(25)19(27)10-14/h3-10H,11H2,1-2H3. The monoisotopic (exact) mass is 508 g/mol. The lowest BCUT2D eigenvalue weighted by Crippen LogP contribution is -2.04. The van der Waals surface area contributed by atoms with Crippen LogP contribution in [0.1, 0.15) is 21.9 Å². The van der Waals surface area contributed by atoms with E-state index in [9.17, 15) is 4.79 Å². The molecule has 0 fully saturated rings. The summed E-state index contributed by atoms with van der Waals surface area (Å²) in [6.45, 7) is 2.23. The zero-order chi connectivity index (χ0) is 23.0. The lowest BCUT2D eigenvalue weighted by molar-refractivity contribution is 0.0563. The van der Waals surface area contributed by atoms with Crippen LogP contribution >= 0.6 is 46.4 Å². The third-order valence-corrected chi connectivity index (χ3v) is 6.41. The number of hydrogen-bond acceptors (Lipinski definition) is 4. The van der Waals surface area contributed by atoms with Crippen LogP contribution in [0.2, 0.25) is 20.1 Å². The fourth-order valence-electron chi connectivity index (χ4n) is 3.41. The Morgan fingerprint density at radius 1 is 0.938 bits per heavy atom. The second-order valence-electron chi connectivity index (χ2n) is 7.00. The lowest BCUT2D eigenvalue weighted by atomic mass is 10.0. The molecule has 0 radical (unpaired) electrons. The number of carbonyl (C=O) groups is 1. The molecule has 32 heavy (non-hydrogen) atoms. The van der Waals surface area contributed by atoms with E-state index < -0.39 is 5.97 Å². The van der Waals surface area contributed by atoms with Crippen molar-refractivity contribution in [2.75, 3.05) is 7.11 Å². The van der Waals surface area contributed by atoms with Crippen molar-refractivity contribution in [1.82, 2.24) is 9.78 Å². The van der Waals surface area contributed by atoms with Gasteiger partial charge in [0, 0.05) is 16.7 Å². The Labute approximate surface area is 204 Å². The Balaban J connectivity index is 1.84. The molecule has 0 aliphatic rings. The average Bonchev–Trinajstić information content (AvgIpc) is 3.36. The van der Waals surface area contributed by atoms with E-state index in [-0.39, 0.29) is 12.3 Å². The van der Waals surface area contributed by atoms with Crippen LogP contribution in [0.25, 0.3) is 22.5 Å². The molecular formula is C23H16Cl4N2O3. The SMILES string of the molecule is COC(=O)c1ccc(Cn2nc(-c3ccc(Cl)c(Cl)c3)c(C)c2-c2ccc(Cl)c(Cl)c2)o1. The van der Waals surface area contributed by atoms with Gasteiger partial charge in [-0.1, -0.05) is 58.5 Å². The van der Waals surface area contributed by atoms with Crippen LogP contribution in [0.5, 0.6) is 0 Å². The number of ether oxygens (including phenoxy) is 1. The van der Waals surface area contributed by atoms with Gasteiger partial charge in [0.05, 0.1) is 45.1 Å². The molecule has 2 aromatic heterocycles. The molecule has 0 N–H and O–H groups in total. The van der Waals surface area contributed by atoms with Crippen LogP contribution in [0.3, 0.4) is 0 Å². The van der Waals surface area contributed by atoms with Crippen LogP contribution < -0.4 is 0 Å². The Kier molecular flexibility index (Phi) is 6.54. The normalized spacial score (nSPS) is 11.1. The Morgan fingerprint density at radius 3 is 2.19 bits per heavy atom. The largest absolute Gasteiger partial charge is 0.463 e. The van der Waals surface area contributed by atoms with Gasteiger partial charge >= 0.3 is 5.97 Å². The molecule has 0 atom stereocenters. The first-order valence-corrected chi connectivity index (χ1v) is 10.9. The van der Waals surface area contributed by atoms with Gasteiger partial charge in [0.1, 0.15) is 5.76 Å². The highest BCUT2D eigenvalue weighted by molar-refractivity contribution is 6.42. The van der Waals surface area contributed by atoms with Gasteiger partial charge in [-0.15, -0.1) is 0 Å². The molecule has 2 aromatic carbocycles. The fraction of sp³-hybridized carbons (Fsp3) is 0.130. The molecule has 0 saturated heterocycles. The maximum absolute atomic E-state index is 11.8. The summed E-state index contributed by atoms with van der Waals surface area (Å²) in [6, 6.07) is 14.0. The van der Waals surface area contributed by atoms with Gasteiger partial charge < -0.3 is 9.15 Å². The highest BCUT2D eigenvalue weighted by atomic mass is 35.5. The molecule has 0 spiro atoms. The first kappa shape index (κ1) is 22.7. The zero-order valence-corrected chi connectivity index (χ0v) is 20.0. The quantitative estimate of drug-likeness (QED) is 0.260. The van der Waals surface area contributed by atoms with Gasteiger partial charge in [-0.05, 0) is 43.3 Å². The van der Waals surface area contributed by atoms with Crippen LogP contribution in [-0.4, -0.2) is 22.9 Å². The van der Waals surface area contributed by atoms with E-state index in [1.165, 1.54) is 7.11 Å². The number of furan rings is 1. The molecule has 0 bridgehead atoms. The minimum Gasteiger partial charge on any atom is -0.463 e. The number of esters is 1. The van der Waals surface area contributed by atoms with Crippen molar-refractivity contribution in [3.05, 3.63) is 85.7 Å². The van der Waals surface area contributed by atoms with Gasteiger partial charge in [0.2, 0.25) is 5.76 Å². The van der Waals surface area contributed by atoms with E-state index in [0.717, 1.165) is 28.1 Å². The zero-order valence-electron chi connectivity index (χ0n) is 17.0. The lowest BCUT2D eigenvalue weighted by Gasteiger charge is -2.09. The third kappa shape index (κ3) is 4.39. The number of methoxy groups -OCH3 is 1. The van der Waals surface area contributed by atoms with Crippen molar-refractivity contribution in [3.63, 3.8) is 0 Å². The topological polar surface area (TPSA) is 57.3 Å². The van der Waals surface area contributed by atoms with Crippen molar-refractivity contribution in [3.8, 4) is 22.5 Å². The molecule has 2 heterocycles. The highest BCUT2D eigenvalue weighted by Crippen LogP contribution is 2.36. The van der Waals surface area contributed by atoms with Crippen molar-refractivity contribution < 1.29 is 13.9 Å². The van der Waals surface area contributed by atoms with Gasteiger partial charge in [-0.3, -0.25) is 4.68 Å². The molecule has 5 nitrogen and oxygen atoms in total. The first-order chi connectivity index (χ1) is 15.3. The molecule has 0 aliphatic heterocycles. The van der Waals surface area contributed by atoms with Crippen molar-refractivity contribution >= 4 is 52.4 Å². The molecular weight excluding hydrogens is 494 g/mol. The molecule has 0 saturated carbocycles. The fourth-order valence-corrected chi connectivity index (χ4v) is 4.01. The van der Waals surface area contributed by atoms with Crippen molar-refractivity contribution in [1.29, 1.82) is 0 Å². The second kappa shape index (κ2) is 9.20. The Bertz CT molecular complexity index is 1330. The van der Waals surface area contributed by atoms with Crippen LogP contribution in [0, 0.1) is 6.92 Å². The van der Waals surface area contributed by atoms with Crippen molar-refractivity contribution in [2.24, 2.45) is 0 Å². The second-order valence-corrected chi connectivity index (χ2v) is 8.62. The van der Waals surface area contributed by atoms with E-state index in [2.05, 4.69) is 0 Å². The van der Waals surface area contributed by atoms with Crippen LogP contribution in [0.4, 0.5) is 0 Å². The van der Waals surface area contributed by atoms with Crippen molar-refractivity contribution in [2.45, 2.75) is 13.5 Å². The van der Waals surface area contributed by atoms with Crippen LogP contribution in [0.15, 0.2) is 52.9 Å². The maximum Gasteiger partial charge on any atom is 0.373 e. The Hall–Kier alpha value is -2.44. The first-order valence-electron chi connectivity index (χ1n) is 9.43. The third-order valence-electron chi connectivity index (χ3n) is 4.93. The Morgan fingerprint density at radius 2 is 1.56 bits per heavy atom. The molecule has 0 unspecified atom stereocenters. The number of aromatic nitrogens is 2. The van der Waals surface area contributed by atoms with E-state index in [1.54, 1.807) is 41.1 Å². The number of benzene rings is 2. The summed E-state index contributed by atoms with van der Waals surface area (Å²) in [6.07, 6.45) is 0. The molecule has 0 aliphatic carbocycles. The minimum atomic E-state index is -0.547. The highest BCUT2D eigenvalue weighted by Gasteiger charge is 2.20. The van der Waals surface area contributed by atoms with Gasteiger partial charge in [0.15, 0.2) is 0 Å². The summed E-state index contributed by atoms with van der Waals surface area (Å²) in [5.41, 5.74) is 4.09. The molecule has 4 aromatic rings. The summed E-state index contributed by atoms with van der Waals surface area (Å²) in [5, 5.41) is 6.59. The van der Waals surface area contributed by atoms with Gasteiger partial charge in [0.25, 0.3) is 0 Å². The molecule has 0 amide bonds. The van der Waals surface area contributed by atoms with Crippen LogP contribution in [-0.2, 0) is 11.3 Å². The molecule has 164 valence electrons. The summed E-state index contributed by atoms with van der Waals surface area (Å²) < 4.78 is 12.1. The number of halogens is 4. The number of rotatable bonds is 5. The van der Waals surface area contributed by atoms with Gasteiger partial charge in [-0.25, -0.2) is 4.79 Å². The number of carbonyl (C=O) groups excluding carboxylic acids is 1. The van der Waals surface area contributed by atoms with E-state index in [4.69, 9.17) is 60.7 Å². The minimum absolute atomic E-state index is 0.118. The summed E-state index contributed by atoms with van der Waals surface area (Å²) in [7, 11) is 1.30. The summed E-state index contributed by atoms with van der Waals surface area (Å²) in [4.78, 5) is 11.8. The summed E-state index contributed by atoms with van der Waals surface area (Å²) in [5.74, 6) is 0.108. The van der Waals surface area contributed by atoms with E-state index in [1.807, 2.05) is 19.1 Å². The van der Waals surface area contributed by atoms with Gasteiger partial charge in [-0.2, -0.15) is 5.10 Å². The van der Waals surface area contributed by atoms with E-state index >= 15 is 0 Å². The average molecular weight is 510 g/mol. The number of hydrogen-bond donors (Lipinski definition) is 0. The smallest absolute Gasteiger partial charge is 0.373 e.